The first kappa shape index (κ1) is 15.8. The van der Waals surface area contributed by atoms with Crippen LogP contribution in [0.15, 0.2) is 30.3 Å². The SMILES string of the molecule is CCOC1CC(CCO)N(C(=O)OCc2ccccc2)C1. The van der Waals surface area contributed by atoms with Crippen molar-refractivity contribution in [1.82, 2.24) is 4.90 Å². The Bertz CT molecular complexity index is 437. The number of benzene rings is 1. The first-order chi connectivity index (χ1) is 10.2. The molecule has 116 valence electrons. The summed E-state index contributed by atoms with van der Waals surface area (Å²) in [4.78, 5) is 13.9. The Morgan fingerprint density at radius 2 is 2.14 bits per heavy atom. The first-order valence-corrected chi connectivity index (χ1v) is 7.44. The molecule has 1 heterocycles. The van der Waals surface area contributed by atoms with Crippen molar-refractivity contribution in [1.29, 1.82) is 0 Å². The lowest BCUT2D eigenvalue weighted by Gasteiger charge is -2.23. The molecule has 1 saturated heterocycles. The van der Waals surface area contributed by atoms with Gasteiger partial charge in [-0.15, -0.1) is 0 Å². The summed E-state index contributed by atoms with van der Waals surface area (Å²) in [6, 6.07) is 9.60. The van der Waals surface area contributed by atoms with Gasteiger partial charge in [0, 0.05) is 19.3 Å². The van der Waals surface area contributed by atoms with Crippen LogP contribution in [0.3, 0.4) is 0 Å². The number of carbonyl (C=O) groups excluding carboxylic acids is 1. The molecule has 0 aliphatic carbocycles. The lowest BCUT2D eigenvalue weighted by atomic mass is 10.1. The van der Waals surface area contributed by atoms with Gasteiger partial charge in [0.15, 0.2) is 0 Å². The molecule has 2 atom stereocenters. The van der Waals surface area contributed by atoms with Crippen molar-refractivity contribution in [2.45, 2.75) is 38.5 Å². The minimum absolute atomic E-state index is 0.00479. The number of rotatable bonds is 6. The molecule has 1 N–H and O–H groups in total. The highest BCUT2D eigenvalue weighted by Gasteiger charge is 2.36. The predicted molar refractivity (Wildman–Crippen MR) is 78.9 cm³/mol. The zero-order chi connectivity index (χ0) is 15.1. The van der Waals surface area contributed by atoms with E-state index in [1.165, 1.54) is 0 Å². The van der Waals surface area contributed by atoms with Crippen molar-refractivity contribution in [3.8, 4) is 0 Å². The van der Waals surface area contributed by atoms with Crippen LogP contribution in [-0.4, -0.2) is 48.0 Å². The maximum atomic E-state index is 12.2. The third kappa shape index (κ3) is 4.44. The van der Waals surface area contributed by atoms with Crippen molar-refractivity contribution >= 4 is 6.09 Å². The van der Waals surface area contributed by atoms with Gasteiger partial charge in [-0.1, -0.05) is 30.3 Å². The largest absolute Gasteiger partial charge is 0.445 e. The molecule has 2 rings (SSSR count). The van der Waals surface area contributed by atoms with Crippen molar-refractivity contribution in [3.05, 3.63) is 35.9 Å². The van der Waals surface area contributed by atoms with Crippen LogP contribution in [-0.2, 0) is 16.1 Å². The van der Waals surface area contributed by atoms with Crippen molar-refractivity contribution in [2.75, 3.05) is 19.8 Å². The fourth-order valence-electron chi connectivity index (χ4n) is 2.68. The second-order valence-electron chi connectivity index (χ2n) is 5.17. The van der Waals surface area contributed by atoms with Crippen LogP contribution in [0.1, 0.15) is 25.3 Å². The minimum Gasteiger partial charge on any atom is -0.445 e. The number of nitrogens with zero attached hydrogens (tertiary/aromatic N) is 1. The monoisotopic (exact) mass is 293 g/mol. The number of carbonyl (C=O) groups is 1. The van der Waals surface area contributed by atoms with Crippen LogP contribution in [0.2, 0.25) is 0 Å². The van der Waals surface area contributed by atoms with Crippen molar-refractivity contribution in [2.24, 2.45) is 0 Å². The van der Waals surface area contributed by atoms with E-state index in [0.29, 0.717) is 19.6 Å². The lowest BCUT2D eigenvalue weighted by Crippen LogP contribution is -2.37. The van der Waals surface area contributed by atoms with Crippen LogP contribution < -0.4 is 0 Å². The molecule has 0 radical (unpaired) electrons. The van der Waals surface area contributed by atoms with Gasteiger partial charge in [-0.2, -0.15) is 0 Å². The number of aliphatic hydroxyl groups excluding tert-OH is 1. The van der Waals surface area contributed by atoms with E-state index in [2.05, 4.69) is 0 Å². The molecule has 1 aromatic rings. The first-order valence-electron chi connectivity index (χ1n) is 7.44. The molecule has 1 amide bonds. The fraction of sp³-hybridized carbons (Fsp3) is 0.562. The maximum absolute atomic E-state index is 12.2. The van der Waals surface area contributed by atoms with E-state index in [-0.39, 0.29) is 31.5 Å². The van der Waals surface area contributed by atoms with Gasteiger partial charge in [0.1, 0.15) is 6.61 Å². The Morgan fingerprint density at radius 1 is 1.38 bits per heavy atom. The van der Waals surface area contributed by atoms with E-state index in [1.54, 1.807) is 4.90 Å². The highest BCUT2D eigenvalue weighted by Crippen LogP contribution is 2.24. The Hall–Kier alpha value is -1.59. The quantitative estimate of drug-likeness (QED) is 0.873. The van der Waals surface area contributed by atoms with E-state index in [1.807, 2.05) is 37.3 Å². The lowest BCUT2D eigenvalue weighted by molar-refractivity contribution is 0.0608. The highest BCUT2D eigenvalue weighted by molar-refractivity contribution is 5.68. The molecule has 2 unspecified atom stereocenters. The minimum atomic E-state index is -0.334. The number of aliphatic hydroxyl groups is 1. The van der Waals surface area contributed by atoms with Crippen LogP contribution >= 0.6 is 0 Å². The standard InChI is InChI=1S/C16H23NO4/c1-2-20-15-10-14(8-9-18)17(11-15)16(19)21-12-13-6-4-3-5-7-13/h3-7,14-15,18H,2,8-12H2,1H3. The third-order valence-electron chi connectivity index (χ3n) is 3.68. The van der Waals surface area contributed by atoms with Gasteiger partial charge in [0.2, 0.25) is 0 Å². The Kier molecular flexibility index (Phi) is 6.02. The van der Waals surface area contributed by atoms with Gasteiger partial charge in [0.05, 0.1) is 12.6 Å². The van der Waals surface area contributed by atoms with E-state index >= 15 is 0 Å². The van der Waals surface area contributed by atoms with Gasteiger partial charge in [-0.25, -0.2) is 4.79 Å². The van der Waals surface area contributed by atoms with Crippen LogP contribution in [0, 0.1) is 0 Å². The zero-order valence-corrected chi connectivity index (χ0v) is 12.4. The van der Waals surface area contributed by atoms with Gasteiger partial charge >= 0.3 is 6.09 Å². The molecule has 1 aliphatic rings. The normalized spacial score (nSPS) is 21.5. The molecule has 0 bridgehead atoms. The second-order valence-corrected chi connectivity index (χ2v) is 5.17. The molecule has 5 nitrogen and oxygen atoms in total. The second kappa shape index (κ2) is 8.00. The molecule has 0 aromatic heterocycles. The molecular weight excluding hydrogens is 270 g/mol. The Balaban J connectivity index is 1.89. The van der Waals surface area contributed by atoms with Gasteiger partial charge in [0.25, 0.3) is 0 Å². The summed E-state index contributed by atoms with van der Waals surface area (Å²) >= 11 is 0. The van der Waals surface area contributed by atoms with Crippen molar-refractivity contribution in [3.63, 3.8) is 0 Å². The average molecular weight is 293 g/mol. The molecule has 0 saturated carbocycles. The Morgan fingerprint density at radius 3 is 2.81 bits per heavy atom. The molecule has 21 heavy (non-hydrogen) atoms. The molecule has 1 fully saturated rings. The molecular formula is C16H23NO4. The summed E-state index contributed by atoms with van der Waals surface area (Å²) in [5.74, 6) is 0. The molecule has 1 aromatic carbocycles. The number of amides is 1. The van der Waals surface area contributed by atoms with Crippen LogP contribution in [0.5, 0.6) is 0 Å². The summed E-state index contributed by atoms with van der Waals surface area (Å²) in [5.41, 5.74) is 0.963. The zero-order valence-electron chi connectivity index (χ0n) is 12.4. The van der Waals surface area contributed by atoms with E-state index < -0.39 is 0 Å². The van der Waals surface area contributed by atoms with Crippen LogP contribution in [0.4, 0.5) is 4.79 Å². The highest BCUT2D eigenvalue weighted by atomic mass is 16.6. The summed E-state index contributed by atoms with van der Waals surface area (Å²) in [5, 5.41) is 9.13. The third-order valence-corrected chi connectivity index (χ3v) is 3.68. The number of hydrogen-bond acceptors (Lipinski definition) is 4. The summed E-state index contributed by atoms with van der Waals surface area (Å²) in [6.45, 7) is 3.43. The van der Waals surface area contributed by atoms with Gasteiger partial charge < -0.3 is 19.5 Å². The summed E-state index contributed by atoms with van der Waals surface area (Å²) in [7, 11) is 0. The maximum Gasteiger partial charge on any atom is 0.410 e. The summed E-state index contributed by atoms with van der Waals surface area (Å²) < 4.78 is 11.0. The summed E-state index contributed by atoms with van der Waals surface area (Å²) in [6.07, 6.45) is 1.02. The van der Waals surface area contributed by atoms with E-state index in [9.17, 15) is 4.79 Å². The molecule has 0 spiro atoms. The Labute approximate surface area is 125 Å². The number of hydrogen-bond donors (Lipinski definition) is 1. The molecule has 1 aliphatic heterocycles. The van der Waals surface area contributed by atoms with Gasteiger partial charge in [-0.05, 0) is 25.3 Å². The number of ether oxygens (including phenoxy) is 2. The average Bonchev–Trinajstić information content (AvgIpc) is 2.89. The van der Waals surface area contributed by atoms with Crippen molar-refractivity contribution < 1.29 is 19.4 Å². The molecule has 5 heteroatoms. The fourth-order valence-corrected chi connectivity index (χ4v) is 2.68. The van der Waals surface area contributed by atoms with E-state index in [0.717, 1.165) is 12.0 Å². The van der Waals surface area contributed by atoms with Crippen LogP contribution in [0.25, 0.3) is 0 Å². The number of likely N-dealkylation sites (tertiary alicyclic amines) is 1. The van der Waals surface area contributed by atoms with Gasteiger partial charge in [-0.3, -0.25) is 0 Å². The van der Waals surface area contributed by atoms with E-state index in [4.69, 9.17) is 14.6 Å². The smallest absolute Gasteiger partial charge is 0.410 e. The predicted octanol–water partition coefficient (Wildman–Crippen LogP) is 2.19. The topological polar surface area (TPSA) is 59.0 Å².